The van der Waals surface area contributed by atoms with Crippen LogP contribution in [-0.4, -0.2) is 32.5 Å². The highest BCUT2D eigenvalue weighted by Gasteiger charge is 2.12. The molecule has 0 radical (unpaired) electrons. The van der Waals surface area contributed by atoms with E-state index in [-0.39, 0.29) is 17.5 Å². The van der Waals surface area contributed by atoms with Crippen molar-refractivity contribution in [3.63, 3.8) is 0 Å². The van der Waals surface area contributed by atoms with Gasteiger partial charge in [-0.2, -0.15) is 0 Å². The maximum Gasteiger partial charge on any atom is 0.319 e. The molecule has 2 amide bonds. The summed E-state index contributed by atoms with van der Waals surface area (Å²) in [4.78, 5) is 16.4. The van der Waals surface area contributed by atoms with Crippen molar-refractivity contribution in [1.29, 1.82) is 0 Å². The average molecular weight is 376 g/mol. The van der Waals surface area contributed by atoms with Crippen LogP contribution < -0.4 is 15.4 Å². The van der Waals surface area contributed by atoms with Crippen molar-refractivity contribution in [3.05, 3.63) is 53.3 Å². The zero-order chi connectivity index (χ0) is 19.2. The number of carbonyl (C=O) groups is 1. The van der Waals surface area contributed by atoms with Crippen LogP contribution >= 0.6 is 0 Å². The SMILES string of the molecule is Cc1ccc(S(=O)(=O)NCCCNC(=O)Nc2ccc(C)nc2C)cc1. The van der Waals surface area contributed by atoms with E-state index in [1.165, 1.54) is 0 Å². The van der Waals surface area contributed by atoms with Crippen molar-refractivity contribution in [2.45, 2.75) is 32.1 Å². The Morgan fingerprint density at radius 2 is 1.69 bits per heavy atom. The summed E-state index contributed by atoms with van der Waals surface area (Å²) in [7, 11) is -3.52. The van der Waals surface area contributed by atoms with E-state index in [2.05, 4.69) is 20.3 Å². The molecule has 1 heterocycles. The minimum atomic E-state index is -3.52. The van der Waals surface area contributed by atoms with Gasteiger partial charge in [0.25, 0.3) is 0 Å². The molecule has 1 aromatic carbocycles. The monoisotopic (exact) mass is 376 g/mol. The predicted octanol–water partition coefficient (Wildman–Crippen LogP) is 2.50. The summed E-state index contributed by atoms with van der Waals surface area (Å²) in [5.74, 6) is 0. The third-order valence-electron chi connectivity index (χ3n) is 3.74. The second-order valence-corrected chi connectivity index (χ2v) is 7.80. The Hall–Kier alpha value is -2.45. The lowest BCUT2D eigenvalue weighted by atomic mass is 10.2. The summed E-state index contributed by atoms with van der Waals surface area (Å²) in [6.45, 7) is 6.19. The molecule has 26 heavy (non-hydrogen) atoms. The van der Waals surface area contributed by atoms with Crippen LogP contribution in [0.25, 0.3) is 0 Å². The van der Waals surface area contributed by atoms with Gasteiger partial charge in [0.1, 0.15) is 0 Å². The standard InChI is InChI=1S/C18H24N4O3S/c1-13-5-8-16(9-6-13)26(24,25)20-12-4-11-19-18(23)22-17-10-7-14(2)21-15(17)3/h5-10,20H,4,11-12H2,1-3H3,(H2,19,22,23). The van der Waals surface area contributed by atoms with Crippen LogP contribution in [0.15, 0.2) is 41.3 Å². The highest BCUT2D eigenvalue weighted by molar-refractivity contribution is 7.89. The first kappa shape index (κ1) is 19.9. The Labute approximate surface area is 154 Å². The molecule has 0 aliphatic rings. The van der Waals surface area contributed by atoms with Crippen molar-refractivity contribution < 1.29 is 13.2 Å². The number of hydrogen-bond donors (Lipinski definition) is 3. The Morgan fingerprint density at radius 1 is 1.00 bits per heavy atom. The van der Waals surface area contributed by atoms with Gasteiger partial charge in [-0.1, -0.05) is 17.7 Å². The number of pyridine rings is 1. The minimum Gasteiger partial charge on any atom is -0.338 e. The van der Waals surface area contributed by atoms with Crippen LogP contribution in [0.4, 0.5) is 10.5 Å². The van der Waals surface area contributed by atoms with E-state index in [1.54, 1.807) is 30.3 Å². The summed E-state index contributed by atoms with van der Waals surface area (Å²) in [5.41, 5.74) is 3.27. The molecule has 0 fully saturated rings. The third kappa shape index (κ3) is 5.82. The van der Waals surface area contributed by atoms with E-state index in [4.69, 9.17) is 0 Å². The molecule has 0 saturated heterocycles. The summed E-state index contributed by atoms with van der Waals surface area (Å²) < 4.78 is 26.8. The number of hydrogen-bond acceptors (Lipinski definition) is 4. The van der Waals surface area contributed by atoms with Gasteiger partial charge in [0.15, 0.2) is 0 Å². The average Bonchev–Trinajstić information content (AvgIpc) is 2.57. The van der Waals surface area contributed by atoms with Gasteiger partial charge < -0.3 is 10.6 Å². The molecule has 0 bridgehead atoms. The second kappa shape index (κ2) is 8.77. The quantitative estimate of drug-likeness (QED) is 0.646. The highest BCUT2D eigenvalue weighted by Crippen LogP contribution is 2.12. The molecule has 140 valence electrons. The van der Waals surface area contributed by atoms with Gasteiger partial charge in [-0.05, 0) is 51.5 Å². The van der Waals surface area contributed by atoms with Crippen LogP contribution in [0.2, 0.25) is 0 Å². The van der Waals surface area contributed by atoms with E-state index in [9.17, 15) is 13.2 Å². The Kier molecular flexibility index (Phi) is 6.70. The molecule has 0 aliphatic carbocycles. The van der Waals surface area contributed by atoms with Crippen molar-refractivity contribution in [2.75, 3.05) is 18.4 Å². The van der Waals surface area contributed by atoms with E-state index >= 15 is 0 Å². The molecular formula is C18H24N4O3S. The summed E-state index contributed by atoms with van der Waals surface area (Å²) in [6.07, 6.45) is 0.476. The molecule has 7 nitrogen and oxygen atoms in total. The normalized spacial score (nSPS) is 11.2. The van der Waals surface area contributed by atoms with Gasteiger partial charge >= 0.3 is 6.03 Å². The predicted molar refractivity (Wildman–Crippen MR) is 102 cm³/mol. The van der Waals surface area contributed by atoms with Crippen LogP contribution in [-0.2, 0) is 10.0 Å². The van der Waals surface area contributed by atoms with Gasteiger partial charge in [0.2, 0.25) is 10.0 Å². The van der Waals surface area contributed by atoms with Crippen LogP contribution in [0.1, 0.15) is 23.4 Å². The van der Waals surface area contributed by atoms with Gasteiger partial charge in [-0.25, -0.2) is 17.9 Å². The topological polar surface area (TPSA) is 100 Å². The molecule has 0 aliphatic heterocycles. The number of nitrogens with one attached hydrogen (secondary N) is 3. The molecule has 0 spiro atoms. The molecule has 0 saturated carbocycles. The van der Waals surface area contributed by atoms with Crippen LogP contribution in [0, 0.1) is 20.8 Å². The van der Waals surface area contributed by atoms with Gasteiger partial charge in [0, 0.05) is 18.8 Å². The zero-order valence-electron chi connectivity index (χ0n) is 15.2. The number of carbonyl (C=O) groups excluding carboxylic acids is 1. The lowest BCUT2D eigenvalue weighted by Crippen LogP contribution is -2.32. The number of benzene rings is 1. The number of aromatic nitrogens is 1. The minimum absolute atomic E-state index is 0.233. The van der Waals surface area contributed by atoms with Gasteiger partial charge in [-0.3, -0.25) is 4.98 Å². The lowest BCUT2D eigenvalue weighted by Gasteiger charge is -2.10. The summed E-state index contributed by atoms with van der Waals surface area (Å²) >= 11 is 0. The Bertz CT molecular complexity index is 865. The smallest absolute Gasteiger partial charge is 0.319 e. The highest BCUT2D eigenvalue weighted by atomic mass is 32.2. The van der Waals surface area contributed by atoms with Gasteiger partial charge in [-0.15, -0.1) is 0 Å². The fraction of sp³-hybridized carbons (Fsp3) is 0.333. The zero-order valence-corrected chi connectivity index (χ0v) is 16.0. The van der Waals surface area contributed by atoms with E-state index < -0.39 is 10.0 Å². The Morgan fingerprint density at radius 3 is 2.35 bits per heavy atom. The first-order chi connectivity index (χ1) is 12.3. The third-order valence-corrected chi connectivity index (χ3v) is 5.21. The van der Waals surface area contributed by atoms with E-state index in [0.717, 1.165) is 17.0 Å². The number of anilines is 1. The van der Waals surface area contributed by atoms with Crippen molar-refractivity contribution in [3.8, 4) is 0 Å². The number of sulfonamides is 1. The molecule has 8 heteroatoms. The van der Waals surface area contributed by atoms with Crippen LogP contribution in [0.5, 0.6) is 0 Å². The molecule has 2 rings (SSSR count). The van der Waals surface area contributed by atoms with Crippen molar-refractivity contribution >= 4 is 21.7 Å². The number of urea groups is 1. The van der Waals surface area contributed by atoms with Gasteiger partial charge in [0.05, 0.1) is 16.3 Å². The van der Waals surface area contributed by atoms with Crippen molar-refractivity contribution in [2.24, 2.45) is 0 Å². The molecule has 0 unspecified atom stereocenters. The van der Waals surface area contributed by atoms with Crippen LogP contribution in [0.3, 0.4) is 0 Å². The number of amides is 2. The summed E-state index contributed by atoms with van der Waals surface area (Å²) in [5, 5.41) is 5.42. The maximum absolute atomic E-state index is 12.1. The molecule has 2 aromatic rings. The lowest BCUT2D eigenvalue weighted by molar-refractivity contribution is 0.252. The van der Waals surface area contributed by atoms with E-state index in [1.807, 2.05) is 26.8 Å². The molecular weight excluding hydrogens is 352 g/mol. The first-order valence-corrected chi connectivity index (χ1v) is 9.82. The molecule has 0 atom stereocenters. The fourth-order valence-electron chi connectivity index (χ4n) is 2.28. The first-order valence-electron chi connectivity index (χ1n) is 8.33. The second-order valence-electron chi connectivity index (χ2n) is 6.03. The van der Waals surface area contributed by atoms with E-state index in [0.29, 0.717) is 18.7 Å². The molecule has 3 N–H and O–H groups in total. The maximum atomic E-state index is 12.1. The fourth-order valence-corrected chi connectivity index (χ4v) is 3.36. The number of aryl methyl sites for hydroxylation is 3. The number of nitrogens with zero attached hydrogens (tertiary/aromatic N) is 1. The van der Waals surface area contributed by atoms with Crippen molar-refractivity contribution in [1.82, 2.24) is 15.0 Å². The number of rotatable bonds is 7. The summed E-state index contributed by atoms with van der Waals surface area (Å²) in [6, 6.07) is 9.92. The Balaban J connectivity index is 1.73. The molecule has 1 aromatic heterocycles. The largest absolute Gasteiger partial charge is 0.338 e.